The lowest BCUT2D eigenvalue weighted by Gasteiger charge is -2.21. The molecule has 2 heteroatoms. The van der Waals surface area contributed by atoms with Gasteiger partial charge < -0.3 is 10.2 Å². The molecule has 0 aliphatic carbocycles. The summed E-state index contributed by atoms with van der Waals surface area (Å²) in [6.45, 7) is 23.9. The molecule has 0 saturated carbocycles. The van der Waals surface area contributed by atoms with Crippen LogP contribution in [0.15, 0.2) is 12.2 Å². The summed E-state index contributed by atoms with van der Waals surface area (Å²) in [5.74, 6) is 0.808. The van der Waals surface area contributed by atoms with Crippen LogP contribution in [-0.2, 0) is 0 Å². The second kappa shape index (κ2) is 13.9. The van der Waals surface area contributed by atoms with Crippen LogP contribution in [0.25, 0.3) is 0 Å². The van der Waals surface area contributed by atoms with E-state index >= 15 is 0 Å². The highest BCUT2D eigenvalue weighted by molar-refractivity contribution is 5.04. The van der Waals surface area contributed by atoms with Crippen molar-refractivity contribution in [2.75, 3.05) is 32.7 Å². The standard InChI is InChI=1S/C22H46N2/c1-8-24(9-2)18-14-12-15-20(3)19-23-17-13-10-11-16-21(4)22(5,6)7/h20,23H,4,8-19H2,1-3,5-7H3. The average Bonchev–Trinajstić information content (AvgIpc) is 2.53. The maximum atomic E-state index is 4.22. The van der Waals surface area contributed by atoms with Gasteiger partial charge in [-0.15, -0.1) is 0 Å². The van der Waals surface area contributed by atoms with Crippen LogP contribution in [0, 0.1) is 11.3 Å². The van der Waals surface area contributed by atoms with Crippen molar-refractivity contribution in [3.63, 3.8) is 0 Å². The van der Waals surface area contributed by atoms with Crippen LogP contribution in [0.1, 0.15) is 86.5 Å². The third-order valence-electron chi connectivity index (χ3n) is 5.20. The van der Waals surface area contributed by atoms with Crippen molar-refractivity contribution in [1.29, 1.82) is 0 Å². The van der Waals surface area contributed by atoms with Crippen molar-refractivity contribution >= 4 is 0 Å². The maximum Gasteiger partial charge on any atom is -0.00190 e. The zero-order valence-corrected chi connectivity index (χ0v) is 17.7. The Morgan fingerprint density at radius 3 is 2.25 bits per heavy atom. The van der Waals surface area contributed by atoms with Crippen LogP contribution in [0.5, 0.6) is 0 Å². The highest BCUT2D eigenvalue weighted by atomic mass is 15.1. The summed E-state index contributed by atoms with van der Waals surface area (Å²) in [7, 11) is 0. The number of unbranched alkanes of at least 4 members (excludes halogenated alkanes) is 3. The van der Waals surface area contributed by atoms with Gasteiger partial charge in [0, 0.05) is 0 Å². The summed E-state index contributed by atoms with van der Waals surface area (Å²) in [5.41, 5.74) is 1.67. The fourth-order valence-corrected chi connectivity index (χ4v) is 2.96. The molecule has 0 aliphatic heterocycles. The van der Waals surface area contributed by atoms with E-state index in [0.717, 1.165) is 5.92 Å². The van der Waals surface area contributed by atoms with Crippen molar-refractivity contribution in [1.82, 2.24) is 10.2 Å². The van der Waals surface area contributed by atoms with E-state index in [2.05, 4.69) is 58.3 Å². The third-order valence-corrected chi connectivity index (χ3v) is 5.20. The molecule has 0 saturated heterocycles. The third kappa shape index (κ3) is 13.0. The summed E-state index contributed by atoms with van der Waals surface area (Å²) in [6, 6.07) is 0. The SMILES string of the molecule is C=C(CCCCCNCC(C)CCCCN(CC)CC)C(C)(C)C. The average molecular weight is 339 g/mol. The highest BCUT2D eigenvalue weighted by Gasteiger charge is 2.13. The predicted molar refractivity (Wildman–Crippen MR) is 111 cm³/mol. The van der Waals surface area contributed by atoms with Gasteiger partial charge in [-0.3, -0.25) is 0 Å². The first-order valence-electron chi connectivity index (χ1n) is 10.4. The Morgan fingerprint density at radius 1 is 1.00 bits per heavy atom. The first-order valence-corrected chi connectivity index (χ1v) is 10.4. The van der Waals surface area contributed by atoms with Gasteiger partial charge in [-0.1, -0.05) is 66.5 Å². The van der Waals surface area contributed by atoms with E-state index in [1.54, 1.807) is 0 Å². The molecule has 0 radical (unpaired) electrons. The van der Waals surface area contributed by atoms with E-state index in [1.165, 1.54) is 83.2 Å². The van der Waals surface area contributed by atoms with Crippen molar-refractivity contribution in [2.45, 2.75) is 86.5 Å². The lowest BCUT2D eigenvalue weighted by atomic mass is 9.84. The Kier molecular flexibility index (Phi) is 13.7. The molecule has 24 heavy (non-hydrogen) atoms. The zero-order valence-electron chi connectivity index (χ0n) is 17.7. The fraction of sp³-hybridized carbons (Fsp3) is 0.909. The molecule has 0 spiro atoms. The van der Waals surface area contributed by atoms with Gasteiger partial charge in [-0.25, -0.2) is 0 Å². The molecule has 0 rings (SSSR count). The topological polar surface area (TPSA) is 15.3 Å². The van der Waals surface area contributed by atoms with Crippen molar-refractivity contribution in [3.05, 3.63) is 12.2 Å². The second-order valence-corrected chi connectivity index (χ2v) is 8.50. The van der Waals surface area contributed by atoms with Gasteiger partial charge >= 0.3 is 0 Å². The second-order valence-electron chi connectivity index (χ2n) is 8.50. The van der Waals surface area contributed by atoms with Gasteiger partial charge in [-0.2, -0.15) is 0 Å². The Hall–Kier alpha value is -0.340. The normalized spacial score (nSPS) is 13.5. The summed E-state index contributed by atoms with van der Waals surface area (Å²) >= 11 is 0. The molecule has 1 atom stereocenters. The first-order chi connectivity index (χ1) is 11.3. The van der Waals surface area contributed by atoms with E-state index in [-0.39, 0.29) is 5.41 Å². The quantitative estimate of drug-likeness (QED) is 0.296. The van der Waals surface area contributed by atoms with E-state index in [9.17, 15) is 0 Å². The zero-order chi connectivity index (χ0) is 18.4. The molecule has 1 N–H and O–H groups in total. The predicted octanol–water partition coefficient (Wildman–Crippen LogP) is 5.89. The molecular weight excluding hydrogens is 292 g/mol. The maximum absolute atomic E-state index is 4.22. The van der Waals surface area contributed by atoms with E-state index < -0.39 is 0 Å². The Balaban J connectivity index is 3.43. The molecule has 0 aliphatic rings. The van der Waals surface area contributed by atoms with Crippen LogP contribution in [0.3, 0.4) is 0 Å². The van der Waals surface area contributed by atoms with Crippen molar-refractivity contribution < 1.29 is 0 Å². The Labute approximate surface area is 153 Å². The van der Waals surface area contributed by atoms with Gasteiger partial charge in [-0.05, 0) is 76.2 Å². The molecule has 2 nitrogen and oxygen atoms in total. The van der Waals surface area contributed by atoms with Gasteiger partial charge in [0.05, 0.1) is 0 Å². The molecule has 0 aromatic heterocycles. The monoisotopic (exact) mass is 338 g/mol. The molecule has 1 unspecified atom stereocenters. The van der Waals surface area contributed by atoms with Crippen LogP contribution in [0.2, 0.25) is 0 Å². The van der Waals surface area contributed by atoms with Crippen LogP contribution in [0.4, 0.5) is 0 Å². The minimum absolute atomic E-state index is 0.277. The Morgan fingerprint density at radius 2 is 1.67 bits per heavy atom. The minimum Gasteiger partial charge on any atom is -0.316 e. The minimum atomic E-state index is 0.277. The fourth-order valence-electron chi connectivity index (χ4n) is 2.96. The van der Waals surface area contributed by atoms with Gasteiger partial charge in [0.25, 0.3) is 0 Å². The molecule has 0 fully saturated rings. The van der Waals surface area contributed by atoms with Crippen LogP contribution >= 0.6 is 0 Å². The molecule has 0 aromatic rings. The number of nitrogens with one attached hydrogen (secondary N) is 1. The largest absolute Gasteiger partial charge is 0.316 e. The highest BCUT2D eigenvalue weighted by Crippen LogP contribution is 2.27. The smallest absolute Gasteiger partial charge is 0.00190 e. The number of nitrogens with zero attached hydrogens (tertiary/aromatic N) is 1. The van der Waals surface area contributed by atoms with Crippen LogP contribution in [-0.4, -0.2) is 37.6 Å². The lowest BCUT2D eigenvalue weighted by Crippen LogP contribution is -2.24. The molecule has 0 heterocycles. The van der Waals surface area contributed by atoms with E-state index in [0.29, 0.717) is 0 Å². The number of rotatable bonds is 15. The van der Waals surface area contributed by atoms with Crippen molar-refractivity contribution in [2.24, 2.45) is 11.3 Å². The Bertz CT molecular complexity index is 300. The molecular formula is C22H46N2. The van der Waals surface area contributed by atoms with Gasteiger partial charge in [0.15, 0.2) is 0 Å². The molecule has 0 amide bonds. The number of hydrogen-bond acceptors (Lipinski definition) is 2. The van der Waals surface area contributed by atoms with Gasteiger partial charge in [0.2, 0.25) is 0 Å². The van der Waals surface area contributed by atoms with E-state index in [4.69, 9.17) is 0 Å². The first kappa shape index (κ1) is 23.7. The van der Waals surface area contributed by atoms with Crippen LogP contribution < -0.4 is 5.32 Å². The summed E-state index contributed by atoms with van der Waals surface area (Å²) in [5, 5.41) is 3.64. The summed E-state index contributed by atoms with van der Waals surface area (Å²) in [4.78, 5) is 2.53. The number of allylic oxidation sites excluding steroid dienone is 1. The molecule has 0 aromatic carbocycles. The van der Waals surface area contributed by atoms with E-state index in [1.807, 2.05) is 0 Å². The number of hydrogen-bond donors (Lipinski definition) is 1. The van der Waals surface area contributed by atoms with Crippen molar-refractivity contribution in [3.8, 4) is 0 Å². The summed E-state index contributed by atoms with van der Waals surface area (Å²) < 4.78 is 0. The van der Waals surface area contributed by atoms with Gasteiger partial charge in [0.1, 0.15) is 0 Å². The molecule has 144 valence electrons. The summed E-state index contributed by atoms with van der Waals surface area (Å²) in [6.07, 6.45) is 9.18. The lowest BCUT2D eigenvalue weighted by molar-refractivity contribution is 0.291. The molecule has 0 bridgehead atoms.